The summed E-state index contributed by atoms with van der Waals surface area (Å²) in [6, 6.07) is 6.24. The van der Waals surface area contributed by atoms with Crippen LogP contribution in [0.3, 0.4) is 0 Å². The molecule has 1 heterocycles. The maximum Gasteiger partial charge on any atom is 0.291 e. The van der Waals surface area contributed by atoms with Gasteiger partial charge < -0.3 is 29.8 Å². The number of methoxy groups -OCH3 is 2. The van der Waals surface area contributed by atoms with E-state index >= 15 is 0 Å². The number of furan rings is 1. The summed E-state index contributed by atoms with van der Waals surface area (Å²) in [5.41, 5.74) is 6.10. The highest BCUT2D eigenvalue weighted by Gasteiger charge is 2.26. The second-order valence-electron chi connectivity index (χ2n) is 7.21. The number of nitrogens with two attached hydrogens (primary N) is 1. The fourth-order valence-corrected chi connectivity index (χ4v) is 2.74. The number of benzene rings is 1. The molecule has 0 bridgehead atoms. The number of rotatable bonds is 8. The van der Waals surface area contributed by atoms with Crippen LogP contribution in [0, 0.1) is 5.41 Å². The van der Waals surface area contributed by atoms with E-state index < -0.39 is 5.91 Å². The molecule has 152 valence electrons. The zero-order valence-electron chi connectivity index (χ0n) is 16.9. The summed E-state index contributed by atoms with van der Waals surface area (Å²) in [5.74, 6) is 0.145. The van der Waals surface area contributed by atoms with E-state index in [1.54, 1.807) is 30.1 Å². The summed E-state index contributed by atoms with van der Waals surface area (Å²) in [7, 11) is 4.65. The Balaban J connectivity index is 2.42. The van der Waals surface area contributed by atoms with E-state index in [9.17, 15) is 9.59 Å². The topological polar surface area (TPSA) is 107 Å². The number of ether oxygens (including phenoxy) is 2. The fraction of sp³-hybridized carbons (Fsp3) is 0.400. The first kappa shape index (κ1) is 21.3. The van der Waals surface area contributed by atoms with Crippen LogP contribution in [0.1, 0.15) is 34.8 Å². The van der Waals surface area contributed by atoms with Crippen LogP contribution in [0.2, 0.25) is 0 Å². The highest BCUT2D eigenvalue weighted by molar-refractivity contribution is 6.08. The van der Waals surface area contributed by atoms with Gasteiger partial charge in [-0.25, -0.2) is 0 Å². The van der Waals surface area contributed by atoms with E-state index in [0.717, 1.165) is 0 Å². The van der Waals surface area contributed by atoms with E-state index in [0.29, 0.717) is 30.3 Å². The van der Waals surface area contributed by atoms with Crippen LogP contribution in [-0.4, -0.2) is 51.1 Å². The number of hydrogen-bond donors (Lipinski definition) is 2. The number of carbonyl (C=O) groups excluding carboxylic acids is 2. The Labute approximate surface area is 164 Å². The first-order valence-corrected chi connectivity index (χ1v) is 8.79. The molecule has 0 aliphatic rings. The maximum atomic E-state index is 13.1. The lowest BCUT2D eigenvalue weighted by molar-refractivity contribution is 0.0741. The minimum Gasteiger partial charge on any atom is -0.493 e. The van der Waals surface area contributed by atoms with Gasteiger partial charge in [-0.3, -0.25) is 9.59 Å². The lowest BCUT2D eigenvalue weighted by Crippen LogP contribution is -2.40. The zero-order chi connectivity index (χ0) is 20.9. The van der Waals surface area contributed by atoms with E-state index in [-0.39, 0.29) is 22.6 Å². The summed E-state index contributed by atoms with van der Waals surface area (Å²) < 4.78 is 15.7. The SMILES string of the molecule is COc1cc(NC(=O)c2ccco2)c(C(=O)N(C)CC(C)(C)CN)cc1OC. The number of carbonyl (C=O) groups is 2. The van der Waals surface area contributed by atoms with Crippen LogP contribution in [0.15, 0.2) is 34.9 Å². The first-order chi connectivity index (χ1) is 13.2. The van der Waals surface area contributed by atoms with Crippen LogP contribution >= 0.6 is 0 Å². The van der Waals surface area contributed by atoms with Gasteiger partial charge in [-0.1, -0.05) is 13.8 Å². The third-order valence-electron chi connectivity index (χ3n) is 4.31. The molecule has 28 heavy (non-hydrogen) atoms. The molecule has 3 N–H and O–H groups in total. The molecule has 0 atom stereocenters. The predicted octanol–water partition coefficient (Wildman–Crippen LogP) is 2.61. The van der Waals surface area contributed by atoms with Gasteiger partial charge in [0.1, 0.15) is 0 Å². The monoisotopic (exact) mass is 389 g/mol. The highest BCUT2D eigenvalue weighted by Crippen LogP contribution is 2.34. The summed E-state index contributed by atoms with van der Waals surface area (Å²) in [5, 5.41) is 2.71. The van der Waals surface area contributed by atoms with Gasteiger partial charge in [0, 0.05) is 19.7 Å². The number of nitrogens with zero attached hydrogens (tertiary/aromatic N) is 1. The lowest BCUT2D eigenvalue weighted by atomic mass is 9.93. The molecule has 2 rings (SSSR count). The van der Waals surface area contributed by atoms with Crippen molar-refractivity contribution in [1.82, 2.24) is 4.90 Å². The van der Waals surface area contributed by atoms with Crippen molar-refractivity contribution in [3.63, 3.8) is 0 Å². The van der Waals surface area contributed by atoms with Crippen molar-refractivity contribution in [1.29, 1.82) is 0 Å². The summed E-state index contributed by atoms with van der Waals surface area (Å²) in [6.45, 7) is 4.83. The average Bonchev–Trinajstić information content (AvgIpc) is 3.21. The molecule has 0 radical (unpaired) electrons. The molecule has 8 heteroatoms. The Morgan fingerprint density at radius 3 is 2.39 bits per heavy atom. The molecule has 1 aromatic heterocycles. The van der Waals surface area contributed by atoms with Crippen molar-refractivity contribution in [3.8, 4) is 11.5 Å². The minimum absolute atomic E-state index is 0.130. The van der Waals surface area contributed by atoms with E-state index in [1.807, 2.05) is 13.8 Å². The molecule has 0 saturated heterocycles. The molecular weight excluding hydrogens is 362 g/mol. The summed E-state index contributed by atoms with van der Waals surface area (Å²) in [4.78, 5) is 27.1. The van der Waals surface area contributed by atoms with Gasteiger partial charge in [0.25, 0.3) is 11.8 Å². The predicted molar refractivity (Wildman–Crippen MR) is 106 cm³/mol. The van der Waals surface area contributed by atoms with Crippen LogP contribution in [-0.2, 0) is 0 Å². The normalized spacial score (nSPS) is 11.1. The fourth-order valence-electron chi connectivity index (χ4n) is 2.74. The van der Waals surface area contributed by atoms with E-state index in [2.05, 4.69) is 5.32 Å². The second-order valence-corrected chi connectivity index (χ2v) is 7.21. The Morgan fingerprint density at radius 2 is 1.86 bits per heavy atom. The number of anilines is 1. The Kier molecular flexibility index (Phi) is 6.69. The van der Waals surface area contributed by atoms with Gasteiger partial charge in [0.15, 0.2) is 17.3 Å². The molecule has 0 saturated carbocycles. The van der Waals surface area contributed by atoms with E-state index in [4.69, 9.17) is 19.6 Å². The van der Waals surface area contributed by atoms with Crippen LogP contribution in [0.5, 0.6) is 11.5 Å². The third kappa shape index (κ3) is 4.83. The quantitative estimate of drug-likeness (QED) is 0.719. The molecular formula is C20H27N3O5. The molecule has 0 spiro atoms. The molecule has 1 aromatic carbocycles. The Hall–Kier alpha value is -3.00. The molecule has 0 fully saturated rings. The van der Waals surface area contributed by atoms with Crippen molar-refractivity contribution >= 4 is 17.5 Å². The van der Waals surface area contributed by atoms with Crippen molar-refractivity contribution in [3.05, 3.63) is 41.9 Å². The van der Waals surface area contributed by atoms with Gasteiger partial charge >= 0.3 is 0 Å². The molecule has 2 aromatic rings. The second kappa shape index (κ2) is 8.79. The Morgan fingerprint density at radius 1 is 1.21 bits per heavy atom. The standard InChI is InChI=1S/C20H27N3O5/c1-20(2,11-21)12-23(3)19(25)13-9-16(26-4)17(27-5)10-14(13)22-18(24)15-7-6-8-28-15/h6-10H,11-12,21H2,1-5H3,(H,22,24). The molecule has 0 aliphatic carbocycles. The molecule has 2 amide bonds. The third-order valence-corrected chi connectivity index (χ3v) is 4.31. The summed E-state index contributed by atoms with van der Waals surface area (Å²) >= 11 is 0. The average molecular weight is 389 g/mol. The van der Waals surface area contributed by atoms with E-state index in [1.165, 1.54) is 26.5 Å². The zero-order valence-corrected chi connectivity index (χ0v) is 16.9. The van der Waals surface area contributed by atoms with Crippen molar-refractivity contribution in [2.24, 2.45) is 11.1 Å². The van der Waals surface area contributed by atoms with Crippen LogP contribution in [0.25, 0.3) is 0 Å². The molecule has 0 unspecified atom stereocenters. The van der Waals surface area contributed by atoms with Crippen molar-refractivity contribution in [2.45, 2.75) is 13.8 Å². The summed E-state index contributed by atoms with van der Waals surface area (Å²) in [6.07, 6.45) is 1.40. The van der Waals surface area contributed by atoms with Gasteiger partial charge in [0.05, 0.1) is 31.7 Å². The van der Waals surface area contributed by atoms with Crippen molar-refractivity contribution < 1.29 is 23.5 Å². The molecule has 0 aliphatic heterocycles. The molecule has 8 nitrogen and oxygen atoms in total. The minimum atomic E-state index is -0.476. The Bertz CT molecular complexity index is 831. The highest BCUT2D eigenvalue weighted by atomic mass is 16.5. The van der Waals surface area contributed by atoms with Crippen molar-refractivity contribution in [2.75, 3.05) is 39.7 Å². The maximum absolute atomic E-state index is 13.1. The van der Waals surface area contributed by atoms with Gasteiger partial charge in [-0.2, -0.15) is 0 Å². The van der Waals surface area contributed by atoms with Crippen LogP contribution in [0.4, 0.5) is 5.69 Å². The number of amides is 2. The van der Waals surface area contributed by atoms with Gasteiger partial charge in [-0.05, 0) is 30.2 Å². The smallest absolute Gasteiger partial charge is 0.291 e. The van der Waals surface area contributed by atoms with Crippen LogP contribution < -0.4 is 20.5 Å². The first-order valence-electron chi connectivity index (χ1n) is 8.79. The lowest BCUT2D eigenvalue weighted by Gasteiger charge is -2.29. The van der Waals surface area contributed by atoms with Gasteiger partial charge in [0.2, 0.25) is 0 Å². The number of hydrogen-bond acceptors (Lipinski definition) is 6. The number of nitrogens with one attached hydrogen (secondary N) is 1. The van der Waals surface area contributed by atoms with Gasteiger partial charge in [-0.15, -0.1) is 0 Å². The largest absolute Gasteiger partial charge is 0.493 e.